The van der Waals surface area contributed by atoms with Gasteiger partial charge in [0.15, 0.2) is 0 Å². The molecule has 1 amide bonds. The molecule has 14 heavy (non-hydrogen) atoms. The summed E-state index contributed by atoms with van der Waals surface area (Å²) in [6.07, 6.45) is 1.00. The summed E-state index contributed by atoms with van der Waals surface area (Å²) in [7, 11) is 0. The normalized spacial score (nSPS) is 23.2. The van der Waals surface area contributed by atoms with Crippen molar-refractivity contribution in [2.75, 3.05) is 25.6 Å². The van der Waals surface area contributed by atoms with Crippen molar-refractivity contribution in [2.24, 2.45) is 11.3 Å². The first-order valence-electron chi connectivity index (χ1n) is 4.99. The monoisotopic (exact) mass is 219 g/mol. The molecule has 0 aromatic rings. The molecular formula is C10H18ClNO2. The van der Waals surface area contributed by atoms with E-state index >= 15 is 0 Å². The topological polar surface area (TPSA) is 38.3 Å². The second-order valence-corrected chi connectivity index (χ2v) is 4.72. The third kappa shape index (κ3) is 3.46. The predicted octanol–water partition coefficient (Wildman–Crippen LogP) is 1.40. The molecule has 1 aliphatic carbocycles. The fourth-order valence-electron chi connectivity index (χ4n) is 1.44. The molecule has 0 aromatic carbocycles. The van der Waals surface area contributed by atoms with Gasteiger partial charge < -0.3 is 10.1 Å². The maximum atomic E-state index is 11.5. The summed E-state index contributed by atoms with van der Waals surface area (Å²) in [5, 5.41) is 2.85. The van der Waals surface area contributed by atoms with E-state index < -0.39 is 0 Å². The van der Waals surface area contributed by atoms with Crippen molar-refractivity contribution < 1.29 is 9.53 Å². The van der Waals surface area contributed by atoms with E-state index in [-0.39, 0.29) is 17.2 Å². The van der Waals surface area contributed by atoms with Crippen molar-refractivity contribution in [3.63, 3.8) is 0 Å². The highest BCUT2D eigenvalue weighted by molar-refractivity contribution is 6.17. The number of carbonyl (C=O) groups is 1. The van der Waals surface area contributed by atoms with Gasteiger partial charge in [-0.05, 0) is 11.8 Å². The van der Waals surface area contributed by atoms with Gasteiger partial charge in [0.1, 0.15) is 0 Å². The number of rotatable bonds is 6. The zero-order valence-electron chi connectivity index (χ0n) is 8.81. The minimum Gasteiger partial charge on any atom is -0.378 e. The molecule has 1 unspecified atom stereocenters. The highest BCUT2D eigenvalue weighted by atomic mass is 35.5. The molecule has 0 bridgehead atoms. The molecule has 4 heteroatoms. The Morgan fingerprint density at radius 1 is 1.57 bits per heavy atom. The zero-order valence-corrected chi connectivity index (χ0v) is 9.56. The van der Waals surface area contributed by atoms with Crippen LogP contribution in [0.25, 0.3) is 0 Å². The summed E-state index contributed by atoms with van der Waals surface area (Å²) in [6.45, 7) is 5.91. The summed E-state index contributed by atoms with van der Waals surface area (Å²) in [6, 6.07) is 0. The molecule has 1 atom stereocenters. The standard InChI is InChI=1S/C10H18ClNO2/c1-10(2)7-8(10)9(13)12-4-6-14-5-3-11/h8H,3-7H2,1-2H3,(H,12,13). The highest BCUT2D eigenvalue weighted by Crippen LogP contribution is 2.51. The van der Waals surface area contributed by atoms with Gasteiger partial charge >= 0.3 is 0 Å². The van der Waals surface area contributed by atoms with Crippen molar-refractivity contribution >= 4 is 17.5 Å². The Morgan fingerprint density at radius 3 is 2.71 bits per heavy atom. The molecule has 3 nitrogen and oxygen atoms in total. The molecule has 1 rings (SSSR count). The van der Waals surface area contributed by atoms with E-state index in [0.29, 0.717) is 25.6 Å². The zero-order chi connectivity index (χ0) is 10.6. The SMILES string of the molecule is CC1(C)CC1C(=O)NCCOCCCl. The number of hydrogen-bond donors (Lipinski definition) is 1. The second-order valence-electron chi connectivity index (χ2n) is 4.34. The third-order valence-electron chi connectivity index (χ3n) is 2.60. The molecule has 1 fully saturated rings. The molecular weight excluding hydrogens is 202 g/mol. The molecule has 0 saturated heterocycles. The van der Waals surface area contributed by atoms with Gasteiger partial charge in [0.25, 0.3) is 0 Å². The van der Waals surface area contributed by atoms with E-state index in [1.54, 1.807) is 0 Å². The van der Waals surface area contributed by atoms with Crippen molar-refractivity contribution in [1.82, 2.24) is 5.32 Å². The van der Waals surface area contributed by atoms with E-state index in [4.69, 9.17) is 16.3 Å². The lowest BCUT2D eigenvalue weighted by molar-refractivity contribution is -0.123. The fourth-order valence-corrected chi connectivity index (χ4v) is 1.55. The van der Waals surface area contributed by atoms with Gasteiger partial charge in [-0.2, -0.15) is 0 Å². The van der Waals surface area contributed by atoms with Crippen LogP contribution in [0, 0.1) is 11.3 Å². The molecule has 82 valence electrons. The van der Waals surface area contributed by atoms with Gasteiger partial charge in [-0.15, -0.1) is 11.6 Å². The minimum absolute atomic E-state index is 0.157. The van der Waals surface area contributed by atoms with Crippen molar-refractivity contribution in [3.05, 3.63) is 0 Å². The van der Waals surface area contributed by atoms with Crippen LogP contribution in [0.3, 0.4) is 0 Å². The van der Waals surface area contributed by atoms with Crippen LogP contribution in [0.2, 0.25) is 0 Å². The quantitative estimate of drug-likeness (QED) is 0.542. The van der Waals surface area contributed by atoms with Crippen LogP contribution < -0.4 is 5.32 Å². The molecule has 0 spiro atoms. The van der Waals surface area contributed by atoms with E-state index in [0.717, 1.165) is 6.42 Å². The van der Waals surface area contributed by atoms with Crippen molar-refractivity contribution in [1.29, 1.82) is 0 Å². The molecule has 0 radical (unpaired) electrons. The van der Waals surface area contributed by atoms with Crippen molar-refractivity contribution in [2.45, 2.75) is 20.3 Å². The number of nitrogens with one attached hydrogen (secondary N) is 1. The Kier molecular flexibility index (Phi) is 4.20. The van der Waals surface area contributed by atoms with Crippen LogP contribution in [0.15, 0.2) is 0 Å². The average molecular weight is 220 g/mol. The van der Waals surface area contributed by atoms with Gasteiger partial charge in [0, 0.05) is 18.3 Å². The highest BCUT2D eigenvalue weighted by Gasteiger charge is 2.50. The first kappa shape index (κ1) is 11.8. The van der Waals surface area contributed by atoms with Gasteiger partial charge in [-0.3, -0.25) is 4.79 Å². The van der Waals surface area contributed by atoms with E-state index in [1.807, 2.05) is 0 Å². The summed E-state index contributed by atoms with van der Waals surface area (Å²) >= 11 is 5.43. The fraction of sp³-hybridized carbons (Fsp3) is 0.900. The Labute approximate surface area is 90.1 Å². The van der Waals surface area contributed by atoms with Crippen LogP contribution in [-0.2, 0) is 9.53 Å². The smallest absolute Gasteiger partial charge is 0.223 e. The van der Waals surface area contributed by atoms with Gasteiger partial charge in [-0.1, -0.05) is 13.8 Å². The first-order chi connectivity index (χ1) is 6.58. The molecule has 1 aliphatic rings. The van der Waals surface area contributed by atoms with Crippen LogP contribution in [-0.4, -0.2) is 31.5 Å². The van der Waals surface area contributed by atoms with E-state index in [1.165, 1.54) is 0 Å². The van der Waals surface area contributed by atoms with E-state index in [2.05, 4.69) is 19.2 Å². The molecule has 1 saturated carbocycles. The lowest BCUT2D eigenvalue weighted by Gasteiger charge is -2.06. The third-order valence-corrected chi connectivity index (χ3v) is 2.75. The minimum atomic E-state index is 0.157. The van der Waals surface area contributed by atoms with Crippen LogP contribution in [0.1, 0.15) is 20.3 Å². The number of carbonyl (C=O) groups excluding carboxylic acids is 1. The van der Waals surface area contributed by atoms with Gasteiger partial charge in [-0.25, -0.2) is 0 Å². The Hall–Kier alpha value is -0.280. The average Bonchev–Trinajstić information content (AvgIpc) is 2.75. The second kappa shape index (κ2) is 4.99. The Bertz CT molecular complexity index is 206. The van der Waals surface area contributed by atoms with Crippen LogP contribution in [0.4, 0.5) is 0 Å². The first-order valence-corrected chi connectivity index (χ1v) is 5.53. The number of amides is 1. The number of hydrogen-bond acceptors (Lipinski definition) is 2. The Morgan fingerprint density at radius 2 is 2.21 bits per heavy atom. The van der Waals surface area contributed by atoms with Crippen LogP contribution in [0.5, 0.6) is 0 Å². The van der Waals surface area contributed by atoms with Gasteiger partial charge in [0.2, 0.25) is 5.91 Å². The summed E-state index contributed by atoms with van der Waals surface area (Å²) in [5.41, 5.74) is 0.209. The molecule has 0 aliphatic heterocycles. The maximum Gasteiger partial charge on any atom is 0.223 e. The molecule has 0 heterocycles. The van der Waals surface area contributed by atoms with Crippen molar-refractivity contribution in [3.8, 4) is 0 Å². The maximum absolute atomic E-state index is 11.5. The number of halogens is 1. The Balaban J connectivity index is 2.00. The number of alkyl halides is 1. The van der Waals surface area contributed by atoms with Crippen LogP contribution >= 0.6 is 11.6 Å². The van der Waals surface area contributed by atoms with E-state index in [9.17, 15) is 4.79 Å². The largest absolute Gasteiger partial charge is 0.378 e. The molecule has 0 aromatic heterocycles. The molecule has 1 N–H and O–H groups in total. The summed E-state index contributed by atoms with van der Waals surface area (Å²) in [4.78, 5) is 11.5. The summed E-state index contributed by atoms with van der Waals surface area (Å²) in [5.74, 6) is 0.865. The van der Waals surface area contributed by atoms with Gasteiger partial charge in [0.05, 0.1) is 13.2 Å². The predicted molar refractivity (Wildman–Crippen MR) is 56.4 cm³/mol. The number of ether oxygens (including phenoxy) is 1. The summed E-state index contributed by atoms with van der Waals surface area (Å²) < 4.78 is 5.14. The lowest BCUT2D eigenvalue weighted by atomic mass is 10.1. The lowest BCUT2D eigenvalue weighted by Crippen LogP contribution is -2.29.